The average molecular weight is 266 g/mol. The fourth-order valence-electron chi connectivity index (χ4n) is 1.99. The molecule has 6 heteroatoms. The first-order valence-corrected chi connectivity index (χ1v) is 6.88. The molecule has 5 nitrogen and oxygen atoms in total. The van der Waals surface area contributed by atoms with E-state index in [-0.39, 0.29) is 11.8 Å². The second-order valence-corrected chi connectivity index (χ2v) is 5.11. The van der Waals surface area contributed by atoms with Gasteiger partial charge in [-0.3, -0.25) is 9.36 Å². The zero-order valence-electron chi connectivity index (χ0n) is 9.87. The molecule has 0 spiro atoms. The van der Waals surface area contributed by atoms with Gasteiger partial charge < -0.3 is 9.47 Å². The van der Waals surface area contributed by atoms with Crippen LogP contribution in [-0.4, -0.2) is 29.1 Å². The quantitative estimate of drug-likeness (QED) is 0.847. The number of thiophene rings is 1. The van der Waals surface area contributed by atoms with Crippen LogP contribution in [0.5, 0.6) is 0 Å². The molecule has 0 unspecified atom stereocenters. The van der Waals surface area contributed by atoms with Gasteiger partial charge in [0.2, 0.25) is 0 Å². The lowest BCUT2D eigenvalue weighted by Gasteiger charge is -2.23. The summed E-state index contributed by atoms with van der Waals surface area (Å²) < 4.78 is 13.2. The molecule has 96 valence electrons. The van der Waals surface area contributed by atoms with Crippen molar-refractivity contribution in [3.05, 3.63) is 28.1 Å². The average Bonchev–Trinajstić information content (AvgIpc) is 2.88. The first kappa shape index (κ1) is 11.8. The number of aromatic nitrogens is 2. The normalized spacial score (nSPS) is 17.3. The molecular weight excluding hydrogens is 252 g/mol. The minimum Gasteiger partial charge on any atom is -0.353 e. The van der Waals surface area contributed by atoms with Gasteiger partial charge in [0.1, 0.15) is 4.70 Å². The zero-order chi connectivity index (χ0) is 12.4. The third-order valence-electron chi connectivity index (χ3n) is 2.94. The smallest absolute Gasteiger partial charge is 0.271 e. The fourth-order valence-corrected chi connectivity index (χ4v) is 2.78. The Balaban J connectivity index is 1.74. The molecule has 0 saturated carbocycles. The SMILES string of the molecule is O=c1c2sccc2ncn1CCC1OCCCO1. The van der Waals surface area contributed by atoms with E-state index in [1.54, 1.807) is 10.9 Å². The molecular formula is C12H14N2O3S. The van der Waals surface area contributed by atoms with Crippen molar-refractivity contribution < 1.29 is 9.47 Å². The number of rotatable bonds is 3. The van der Waals surface area contributed by atoms with Crippen LogP contribution >= 0.6 is 11.3 Å². The molecule has 0 aromatic carbocycles. The zero-order valence-corrected chi connectivity index (χ0v) is 10.7. The molecule has 1 saturated heterocycles. The molecule has 0 N–H and O–H groups in total. The Labute approximate surface area is 108 Å². The third kappa shape index (κ3) is 2.31. The van der Waals surface area contributed by atoms with Crippen LogP contribution in [0.15, 0.2) is 22.6 Å². The van der Waals surface area contributed by atoms with Crippen LogP contribution < -0.4 is 5.56 Å². The monoisotopic (exact) mass is 266 g/mol. The van der Waals surface area contributed by atoms with Crippen molar-refractivity contribution in [1.82, 2.24) is 9.55 Å². The lowest BCUT2D eigenvalue weighted by atomic mass is 10.3. The summed E-state index contributed by atoms with van der Waals surface area (Å²) in [6.07, 6.45) is 3.03. The van der Waals surface area contributed by atoms with Crippen molar-refractivity contribution in [3.8, 4) is 0 Å². The standard InChI is InChI=1S/C12H14N2O3S/c15-12-11-9(3-7-18-11)13-8-14(12)4-2-10-16-5-1-6-17-10/h3,7-8,10H,1-2,4-6H2. The van der Waals surface area contributed by atoms with E-state index in [9.17, 15) is 4.79 Å². The van der Waals surface area contributed by atoms with Gasteiger partial charge in [-0.2, -0.15) is 0 Å². The molecule has 1 aliphatic rings. The summed E-state index contributed by atoms with van der Waals surface area (Å²) in [6, 6.07) is 1.86. The highest BCUT2D eigenvalue weighted by molar-refractivity contribution is 7.17. The minimum absolute atomic E-state index is 0.0193. The van der Waals surface area contributed by atoms with Gasteiger partial charge in [-0.1, -0.05) is 0 Å². The van der Waals surface area contributed by atoms with Crippen molar-refractivity contribution >= 4 is 21.6 Å². The summed E-state index contributed by atoms with van der Waals surface area (Å²) >= 11 is 1.43. The summed E-state index contributed by atoms with van der Waals surface area (Å²) in [7, 11) is 0. The topological polar surface area (TPSA) is 53.4 Å². The molecule has 0 amide bonds. The molecule has 18 heavy (non-hydrogen) atoms. The Morgan fingerprint density at radius 3 is 3.11 bits per heavy atom. The molecule has 0 radical (unpaired) electrons. The molecule has 2 aromatic rings. The second-order valence-electron chi connectivity index (χ2n) is 4.19. The third-order valence-corrected chi connectivity index (χ3v) is 3.83. The van der Waals surface area contributed by atoms with E-state index in [4.69, 9.17) is 9.47 Å². The van der Waals surface area contributed by atoms with E-state index in [0.29, 0.717) is 17.7 Å². The van der Waals surface area contributed by atoms with Crippen LogP contribution in [0, 0.1) is 0 Å². The number of nitrogens with zero attached hydrogens (tertiary/aromatic N) is 2. The summed E-state index contributed by atoms with van der Waals surface area (Å²) in [5, 5.41) is 1.89. The van der Waals surface area contributed by atoms with Crippen LogP contribution in [0.2, 0.25) is 0 Å². The van der Waals surface area contributed by atoms with E-state index >= 15 is 0 Å². The summed E-state index contributed by atoms with van der Waals surface area (Å²) in [5.74, 6) is 0. The largest absolute Gasteiger partial charge is 0.353 e. The van der Waals surface area contributed by atoms with Gasteiger partial charge >= 0.3 is 0 Å². The first-order valence-electron chi connectivity index (χ1n) is 6.00. The summed E-state index contributed by atoms with van der Waals surface area (Å²) in [4.78, 5) is 16.4. The molecule has 1 aliphatic heterocycles. The van der Waals surface area contributed by atoms with E-state index in [1.165, 1.54) is 11.3 Å². The predicted molar refractivity (Wildman–Crippen MR) is 68.8 cm³/mol. The number of hydrogen-bond acceptors (Lipinski definition) is 5. The van der Waals surface area contributed by atoms with Gasteiger partial charge in [-0.05, 0) is 17.9 Å². The van der Waals surface area contributed by atoms with E-state index in [1.807, 2.05) is 11.4 Å². The lowest BCUT2D eigenvalue weighted by molar-refractivity contribution is -0.182. The van der Waals surface area contributed by atoms with Crippen molar-refractivity contribution in [1.29, 1.82) is 0 Å². The maximum absolute atomic E-state index is 12.1. The fraction of sp³-hybridized carbons (Fsp3) is 0.500. The predicted octanol–water partition coefficient (Wildman–Crippen LogP) is 1.61. The van der Waals surface area contributed by atoms with Gasteiger partial charge in [0, 0.05) is 13.0 Å². The number of hydrogen-bond donors (Lipinski definition) is 0. The molecule has 3 rings (SSSR count). The number of ether oxygens (including phenoxy) is 2. The molecule has 3 heterocycles. The van der Waals surface area contributed by atoms with E-state index in [2.05, 4.69) is 4.98 Å². The maximum atomic E-state index is 12.1. The minimum atomic E-state index is -0.190. The Kier molecular flexibility index (Phi) is 3.40. The van der Waals surface area contributed by atoms with Gasteiger partial charge in [-0.25, -0.2) is 4.98 Å². The van der Waals surface area contributed by atoms with Gasteiger partial charge in [0.25, 0.3) is 5.56 Å². The summed E-state index contributed by atoms with van der Waals surface area (Å²) in [6.45, 7) is 2.05. The van der Waals surface area contributed by atoms with Crippen LogP contribution in [0.3, 0.4) is 0 Å². The van der Waals surface area contributed by atoms with Crippen LogP contribution in [-0.2, 0) is 16.0 Å². The Morgan fingerprint density at radius 2 is 2.28 bits per heavy atom. The Hall–Kier alpha value is -1.24. The molecule has 0 atom stereocenters. The highest BCUT2D eigenvalue weighted by atomic mass is 32.1. The van der Waals surface area contributed by atoms with Gasteiger partial charge in [0.15, 0.2) is 6.29 Å². The number of fused-ring (bicyclic) bond motifs is 1. The maximum Gasteiger partial charge on any atom is 0.271 e. The van der Waals surface area contributed by atoms with Crippen LogP contribution in [0.1, 0.15) is 12.8 Å². The van der Waals surface area contributed by atoms with Crippen LogP contribution in [0.25, 0.3) is 10.2 Å². The van der Waals surface area contributed by atoms with Crippen LogP contribution in [0.4, 0.5) is 0 Å². The Bertz CT molecular complexity index is 586. The Morgan fingerprint density at radius 1 is 1.44 bits per heavy atom. The molecule has 0 bridgehead atoms. The number of aryl methyl sites for hydroxylation is 1. The van der Waals surface area contributed by atoms with Gasteiger partial charge in [-0.15, -0.1) is 11.3 Å². The van der Waals surface area contributed by atoms with Gasteiger partial charge in [0.05, 0.1) is 25.1 Å². The highest BCUT2D eigenvalue weighted by Crippen LogP contribution is 2.14. The first-order chi connectivity index (χ1) is 8.84. The van der Waals surface area contributed by atoms with Crippen molar-refractivity contribution in [2.75, 3.05) is 13.2 Å². The van der Waals surface area contributed by atoms with Crippen molar-refractivity contribution in [2.45, 2.75) is 25.7 Å². The van der Waals surface area contributed by atoms with Crippen molar-refractivity contribution in [3.63, 3.8) is 0 Å². The van der Waals surface area contributed by atoms with E-state index < -0.39 is 0 Å². The highest BCUT2D eigenvalue weighted by Gasteiger charge is 2.14. The van der Waals surface area contributed by atoms with Crippen molar-refractivity contribution in [2.24, 2.45) is 0 Å². The summed E-state index contributed by atoms with van der Waals surface area (Å²) in [5.41, 5.74) is 0.789. The second kappa shape index (κ2) is 5.17. The van der Waals surface area contributed by atoms with E-state index in [0.717, 1.165) is 25.2 Å². The molecule has 2 aromatic heterocycles. The molecule has 0 aliphatic carbocycles. The molecule has 1 fully saturated rings. The lowest BCUT2D eigenvalue weighted by Crippen LogP contribution is -2.28.